The van der Waals surface area contributed by atoms with Crippen LogP contribution >= 0.6 is 0 Å². The van der Waals surface area contributed by atoms with Crippen molar-refractivity contribution in [2.24, 2.45) is 0 Å². The fraction of sp³-hybridized carbons (Fsp3) is 0.0588. The lowest BCUT2D eigenvalue weighted by Crippen LogP contribution is -2.27. The molecule has 2 nitrogen and oxygen atoms in total. The number of hydrogen-bond acceptors (Lipinski definition) is 2. The average Bonchev–Trinajstić information content (AvgIpc) is 3.62. The van der Waals surface area contributed by atoms with Crippen molar-refractivity contribution in [2.45, 2.75) is 19.4 Å². The van der Waals surface area contributed by atoms with E-state index in [9.17, 15) is 0 Å². The summed E-state index contributed by atoms with van der Waals surface area (Å²) in [4.78, 5) is 0. The maximum Gasteiger partial charge on any atom is 0.136 e. The molecule has 53 heavy (non-hydrogen) atoms. The van der Waals surface area contributed by atoms with Crippen molar-refractivity contribution >= 4 is 65.5 Å². The highest BCUT2D eigenvalue weighted by Crippen LogP contribution is 2.46. The predicted octanol–water partition coefficient (Wildman–Crippen LogP) is 13.8. The van der Waals surface area contributed by atoms with Gasteiger partial charge in [-0.3, -0.25) is 0 Å². The molecule has 2 heterocycles. The maximum atomic E-state index is 6.55. The topological polar surface area (TPSA) is 25.2 Å². The normalized spacial score (nSPS) is 14.5. The molecule has 1 unspecified atom stereocenters. The number of rotatable bonds is 5. The van der Waals surface area contributed by atoms with E-state index in [-0.39, 0.29) is 6.04 Å². The minimum Gasteiger partial charge on any atom is -0.456 e. The largest absolute Gasteiger partial charge is 0.456 e. The molecule has 0 fully saturated rings. The van der Waals surface area contributed by atoms with Crippen molar-refractivity contribution < 1.29 is 4.42 Å². The molecule has 250 valence electrons. The van der Waals surface area contributed by atoms with Crippen molar-refractivity contribution in [3.63, 3.8) is 0 Å². The van der Waals surface area contributed by atoms with Gasteiger partial charge in [-0.05, 0) is 119 Å². The zero-order valence-corrected chi connectivity index (χ0v) is 29.4. The molecule has 2 heteroatoms. The molecule has 11 rings (SSSR count). The molecule has 1 N–H and O–H groups in total. The average molecular weight is 678 g/mol. The van der Waals surface area contributed by atoms with Crippen molar-refractivity contribution in [1.82, 2.24) is 5.32 Å². The first kappa shape index (κ1) is 30.0. The summed E-state index contributed by atoms with van der Waals surface area (Å²) in [5.41, 5.74) is 14.3. The summed E-state index contributed by atoms with van der Waals surface area (Å²) in [7, 11) is 0. The van der Waals surface area contributed by atoms with Crippen LogP contribution in [-0.4, -0.2) is 0 Å². The second-order valence-corrected chi connectivity index (χ2v) is 14.3. The fourth-order valence-electron chi connectivity index (χ4n) is 9.05. The molecule has 0 spiro atoms. The van der Waals surface area contributed by atoms with Gasteiger partial charge >= 0.3 is 0 Å². The van der Waals surface area contributed by atoms with Crippen molar-refractivity contribution in [2.75, 3.05) is 0 Å². The summed E-state index contributed by atoms with van der Waals surface area (Å²) >= 11 is 0. The highest BCUT2D eigenvalue weighted by atomic mass is 16.3. The first-order valence-corrected chi connectivity index (χ1v) is 18.6. The third-order valence-electron chi connectivity index (χ3n) is 11.4. The molecule has 10 aromatic rings. The van der Waals surface area contributed by atoms with Crippen LogP contribution in [0.4, 0.5) is 0 Å². The summed E-state index contributed by atoms with van der Waals surface area (Å²) in [6, 6.07) is 62.1. The highest BCUT2D eigenvalue weighted by Gasteiger charge is 2.29. The third-order valence-corrected chi connectivity index (χ3v) is 11.4. The Balaban J connectivity index is 1.06. The van der Waals surface area contributed by atoms with Crippen LogP contribution in [0, 0.1) is 0 Å². The van der Waals surface area contributed by atoms with Crippen LogP contribution in [0.2, 0.25) is 0 Å². The van der Waals surface area contributed by atoms with Crippen LogP contribution in [0.5, 0.6) is 0 Å². The van der Waals surface area contributed by atoms with E-state index in [1.807, 2.05) is 0 Å². The van der Waals surface area contributed by atoms with Gasteiger partial charge in [0, 0.05) is 16.5 Å². The van der Waals surface area contributed by atoms with Gasteiger partial charge in [0.05, 0.1) is 6.04 Å². The Morgan fingerprint density at radius 2 is 1.09 bits per heavy atom. The van der Waals surface area contributed by atoms with E-state index in [0.717, 1.165) is 23.2 Å². The molecule has 1 aliphatic rings. The molecule has 0 saturated heterocycles. The first-order chi connectivity index (χ1) is 26.2. The van der Waals surface area contributed by atoms with E-state index in [1.165, 1.54) is 93.3 Å². The van der Waals surface area contributed by atoms with Gasteiger partial charge in [0.15, 0.2) is 0 Å². The molecule has 0 saturated carbocycles. The monoisotopic (exact) mass is 677 g/mol. The zero-order valence-electron chi connectivity index (χ0n) is 29.4. The Morgan fingerprint density at radius 3 is 1.89 bits per heavy atom. The van der Waals surface area contributed by atoms with Gasteiger partial charge in [-0.2, -0.15) is 0 Å². The Hall–Kier alpha value is -6.64. The van der Waals surface area contributed by atoms with E-state index < -0.39 is 0 Å². The van der Waals surface area contributed by atoms with E-state index in [2.05, 4.69) is 182 Å². The number of furan rings is 1. The number of allylic oxidation sites excluding steroid dienone is 1. The molecule has 0 bridgehead atoms. The van der Waals surface area contributed by atoms with Gasteiger partial charge in [-0.1, -0.05) is 146 Å². The Labute approximate surface area is 308 Å². The molecule has 0 radical (unpaired) electrons. The smallest absolute Gasteiger partial charge is 0.136 e. The third kappa shape index (κ3) is 4.59. The van der Waals surface area contributed by atoms with Crippen LogP contribution in [-0.2, 0) is 0 Å². The van der Waals surface area contributed by atoms with Crippen LogP contribution in [0.3, 0.4) is 0 Å². The minimum atomic E-state index is 0.0449. The van der Waals surface area contributed by atoms with E-state index in [1.54, 1.807) is 0 Å². The fourth-order valence-corrected chi connectivity index (χ4v) is 9.05. The molecule has 0 amide bonds. The first-order valence-electron chi connectivity index (χ1n) is 18.6. The van der Waals surface area contributed by atoms with Gasteiger partial charge in [-0.25, -0.2) is 0 Å². The molecule has 0 aliphatic carbocycles. The summed E-state index contributed by atoms with van der Waals surface area (Å²) in [5.74, 6) is 0. The SMILES string of the molecule is CCC1=C(c2cccc(-c3cccc(-c4cc5oc6cccc7c8ccccc8c(c4)c5c67)c3)c2)NC(c2ccccc2)c2ccc3ccccc3c21. The second-order valence-electron chi connectivity index (χ2n) is 14.3. The van der Waals surface area contributed by atoms with Gasteiger partial charge in [0.2, 0.25) is 0 Å². The molecule has 9 aromatic carbocycles. The van der Waals surface area contributed by atoms with Gasteiger partial charge in [0.1, 0.15) is 11.2 Å². The molecule has 1 aliphatic heterocycles. The standard InChI is InChI=1S/C51H35NO/c1-2-38-47-39-20-7-6-13-31(39)25-26-43(47)50(32-14-4-3-5-15-32)52-51(38)36-19-11-17-34(28-36)33-16-10-18-35(27-33)37-29-44-41-22-9-8-21-40(41)42-23-12-24-45-48(42)49(44)46(30-37)53-45/h3-30,50,52H,2H2,1H3. The van der Waals surface area contributed by atoms with Gasteiger partial charge in [0.25, 0.3) is 0 Å². The lowest BCUT2D eigenvalue weighted by atomic mass is 9.81. The van der Waals surface area contributed by atoms with Crippen LogP contribution in [0.1, 0.15) is 41.6 Å². The molecule has 1 aromatic heterocycles. The Kier molecular flexibility index (Phi) is 6.63. The highest BCUT2D eigenvalue weighted by molar-refractivity contribution is 6.33. The zero-order chi connectivity index (χ0) is 35.0. The summed E-state index contributed by atoms with van der Waals surface area (Å²) in [5, 5.41) is 14.1. The summed E-state index contributed by atoms with van der Waals surface area (Å²) < 4.78 is 6.55. The lowest BCUT2D eigenvalue weighted by molar-refractivity contribution is 0.669. The minimum absolute atomic E-state index is 0.0449. The summed E-state index contributed by atoms with van der Waals surface area (Å²) in [6.07, 6.45) is 0.918. The Morgan fingerprint density at radius 1 is 0.472 bits per heavy atom. The number of hydrogen-bond donors (Lipinski definition) is 1. The maximum absolute atomic E-state index is 6.55. The second kappa shape index (κ2) is 11.7. The number of fused-ring (bicyclic) bond motifs is 6. The van der Waals surface area contributed by atoms with Gasteiger partial charge in [-0.15, -0.1) is 0 Å². The number of benzene rings is 9. The molecular weight excluding hydrogens is 643 g/mol. The van der Waals surface area contributed by atoms with Crippen molar-refractivity contribution in [3.8, 4) is 22.3 Å². The van der Waals surface area contributed by atoms with E-state index >= 15 is 0 Å². The lowest BCUT2D eigenvalue weighted by Gasteiger charge is -2.33. The summed E-state index contributed by atoms with van der Waals surface area (Å²) in [6.45, 7) is 2.28. The number of nitrogens with one attached hydrogen (secondary N) is 1. The van der Waals surface area contributed by atoms with Crippen LogP contribution in [0.25, 0.3) is 87.8 Å². The molecule has 1 atom stereocenters. The van der Waals surface area contributed by atoms with Gasteiger partial charge < -0.3 is 9.73 Å². The predicted molar refractivity (Wildman–Crippen MR) is 223 cm³/mol. The van der Waals surface area contributed by atoms with Crippen LogP contribution < -0.4 is 5.32 Å². The quantitative estimate of drug-likeness (QED) is 0.183. The Bertz CT molecular complexity index is 3070. The van der Waals surface area contributed by atoms with Crippen molar-refractivity contribution in [3.05, 3.63) is 192 Å². The molecular formula is C51H35NO. The van der Waals surface area contributed by atoms with Crippen LogP contribution in [0.15, 0.2) is 174 Å². The van der Waals surface area contributed by atoms with E-state index in [0.29, 0.717) is 0 Å². The van der Waals surface area contributed by atoms with E-state index in [4.69, 9.17) is 4.42 Å². The van der Waals surface area contributed by atoms with Crippen molar-refractivity contribution in [1.29, 1.82) is 0 Å².